The third-order valence-electron chi connectivity index (χ3n) is 7.37. The van der Waals surface area contributed by atoms with Crippen molar-refractivity contribution in [1.29, 1.82) is 0 Å². The first-order valence-electron chi connectivity index (χ1n) is 13.8. The summed E-state index contributed by atoms with van der Waals surface area (Å²) in [6.45, 7) is 8.52. The van der Waals surface area contributed by atoms with Gasteiger partial charge in [0.25, 0.3) is 5.91 Å². The van der Waals surface area contributed by atoms with Crippen molar-refractivity contribution in [2.24, 2.45) is 0 Å². The van der Waals surface area contributed by atoms with Crippen molar-refractivity contribution >= 4 is 11.8 Å². The van der Waals surface area contributed by atoms with Gasteiger partial charge in [-0.3, -0.25) is 14.5 Å². The molecule has 1 saturated heterocycles. The molecule has 0 radical (unpaired) electrons. The minimum absolute atomic E-state index is 0.0607. The Kier molecular flexibility index (Phi) is 8.42. The predicted molar refractivity (Wildman–Crippen MR) is 151 cm³/mol. The highest BCUT2D eigenvalue weighted by atomic mass is 16.5. The summed E-state index contributed by atoms with van der Waals surface area (Å²) in [5.41, 5.74) is 3.31. The second-order valence-electron chi connectivity index (χ2n) is 11.0. The maximum Gasteiger partial charge on any atom is 0.254 e. The Hall–Kier alpha value is -3.82. The van der Waals surface area contributed by atoms with Crippen molar-refractivity contribution < 1.29 is 19.1 Å². The largest absolute Gasteiger partial charge is 0.457 e. The number of hydrogen-bond acceptors (Lipinski definition) is 7. The van der Waals surface area contributed by atoms with Gasteiger partial charge < -0.3 is 19.7 Å². The Morgan fingerprint density at radius 3 is 2.80 bits per heavy atom. The number of aromatic nitrogens is 2. The van der Waals surface area contributed by atoms with E-state index < -0.39 is 0 Å². The lowest BCUT2D eigenvalue weighted by atomic mass is 10.0. The Morgan fingerprint density at radius 1 is 1.12 bits per heavy atom. The lowest BCUT2D eigenvalue weighted by Gasteiger charge is -2.39. The first-order valence-corrected chi connectivity index (χ1v) is 13.8. The van der Waals surface area contributed by atoms with E-state index in [0.29, 0.717) is 36.8 Å². The van der Waals surface area contributed by atoms with Gasteiger partial charge in [-0.1, -0.05) is 32.0 Å². The highest BCUT2D eigenvalue weighted by molar-refractivity contribution is 5.96. The molecular weight excluding hydrogens is 506 g/mol. The molecular formula is C31H37N5O4. The molecule has 1 aromatic heterocycles. The lowest BCUT2D eigenvalue weighted by molar-refractivity contribution is -0.125. The van der Waals surface area contributed by atoms with Crippen molar-refractivity contribution in [3.05, 3.63) is 82.9 Å². The topological polar surface area (TPSA) is 96.9 Å². The summed E-state index contributed by atoms with van der Waals surface area (Å²) < 4.78 is 12.6. The fourth-order valence-electron chi connectivity index (χ4n) is 5.12. The van der Waals surface area contributed by atoms with Crippen LogP contribution >= 0.6 is 0 Å². The molecule has 3 aromatic rings. The molecule has 1 fully saturated rings. The van der Waals surface area contributed by atoms with E-state index >= 15 is 0 Å². The SMILES string of the molecule is Cc1ccc2cc1Oc1cccc(c1)CO[C@@H]1CCN(Cc3ccnc(C(C)C)n3)C[C@@H]1NC(=O)CN(C)C2=O. The molecule has 1 N–H and O–H groups in total. The van der Waals surface area contributed by atoms with E-state index in [1.165, 1.54) is 4.90 Å². The highest BCUT2D eigenvalue weighted by Gasteiger charge is 2.32. The monoisotopic (exact) mass is 543 g/mol. The molecule has 0 spiro atoms. The number of likely N-dealkylation sites (tertiary alicyclic amines) is 1. The maximum atomic E-state index is 13.2. The molecule has 210 valence electrons. The number of likely N-dealkylation sites (N-methyl/N-ethyl adjacent to an activating group) is 1. The van der Waals surface area contributed by atoms with Crippen LogP contribution in [0.15, 0.2) is 54.7 Å². The molecule has 9 nitrogen and oxygen atoms in total. The highest BCUT2D eigenvalue weighted by Crippen LogP contribution is 2.28. The number of carbonyl (C=O) groups excluding carboxylic acids is 2. The first kappa shape index (κ1) is 27.7. The summed E-state index contributed by atoms with van der Waals surface area (Å²) in [5, 5.41) is 3.16. The van der Waals surface area contributed by atoms with Gasteiger partial charge in [0.15, 0.2) is 0 Å². The standard InChI is InChI=1S/C31H37N5O4/c1-20(2)30-32-12-10-24(33-30)16-36-13-11-27-26(17-36)34-29(37)18-35(4)31(38)23-9-8-21(3)28(15-23)40-25-7-5-6-22(14-25)19-39-27/h5-10,12,14-15,20,26-27H,11,13,16-19H2,1-4H3,(H,34,37)/t26-,27+/m0/s1. The minimum Gasteiger partial charge on any atom is -0.457 e. The smallest absolute Gasteiger partial charge is 0.254 e. The van der Waals surface area contributed by atoms with Gasteiger partial charge in [0.05, 0.1) is 31.0 Å². The van der Waals surface area contributed by atoms with Gasteiger partial charge in [-0.25, -0.2) is 9.97 Å². The summed E-state index contributed by atoms with van der Waals surface area (Å²) in [6, 6.07) is 14.8. The normalized spacial score (nSPS) is 20.6. The molecule has 4 bridgehead atoms. The fraction of sp³-hybridized carbons (Fsp3) is 0.419. The van der Waals surface area contributed by atoms with E-state index in [1.807, 2.05) is 49.5 Å². The number of amides is 2. The van der Waals surface area contributed by atoms with Gasteiger partial charge in [-0.15, -0.1) is 0 Å². The number of aryl methyl sites for hydroxylation is 1. The number of nitrogens with one attached hydrogen (secondary N) is 1. The molecule has 5 rings (SSSR count). The number of rotatable bonds is 3. The molecule has 9 heteroatoms. The molecule has 2 amide bonds. The minimum atomic E-state index is -0.247. The van der Waals surface area contributed by atoms with Crippen LogP contribution in [-0.2, 0) is 22.7 Å². The van der Waals surface area contributed by atoms with Crippen molar-refractivity contribution in [2.45, 2.75) is 58.4 Å². The zero-order chi connectivity index (χ0) is 28.2. The third kappa shape index (κ3) is 6.66. The van der Waals surface area contributed by atoms with Gasteiger partial charge in [0.1, 0.15) is 17.3 Å². The van der Waals surface area contributed by atoms with Crippen molar-refractivity contribution in [1.82, 2.24) is 25.1 Å². The van der Waals surface area contributed by atoms with Gasteiger partial charge in [0, 0.05) is 44.4 Å². The van der Waals surface area contributed by atoms with Gasteiger partial charge in [-0.2, -0.15) is 0 Å². The summed E-state index contributed by atoms with van der Waals surface area (Å²) in [6.07, 6.45) is 2.38. The van der Waals surface area contributed by atoms with Gasteiger partial charge in [-0.05, 0) is 54.8 Å². The van der Waals surface area contributed by atoms with Crippen LogP contribution in [0, 0.1) is 6.92 Å². The van der Waals surface area contributed by atoms with Crippen molar-refractivity contribution in [2.75, 3.05) is 26.7 Å². The molecule has 2 aliphatic rings. The number of carbonyl (C=O) groups is 2. The van der Waals surface area contributed by atoms with Crippen LogP contribution in [0.25, 0.3) is 0 Å². The fourth-order valence-corrected chi connectivity index (χ4v) is 5.12. The second-order valence-corrected chi connectivity index (χ2v) is 11.0. The van der Waals surface area contributed by atoms with Crippen LogP contribution in [-0.4, -0.2) is 70.4 Å². The first-order chi connectivity index (χ1) is 19.2. The number of ether oxygens (including phenoxy) is 2. The molecule has 2 atom stereocenters. The lowest BCUT2D eigenvalue weighted by Crippen LogP contribution is -2.57. The van der Waals surface area contributed by atoms with E-state index in [0.717, 1.165) is 35.6 Å². The van der Waals surface area contributed by atoms with E-state index in [9.17, 15) is 9.59 Å². The third-order valence-corrected chi connectivity index (χ3v) is 7.37. The average Bonchev–Trinajstić information content (AvgIpc) is 2.93. The number of fused-ring (bicyclic) bond motifs is 5. The van der Waals surface area contributed by atoms with Crippen LogP contribution < -0.4 is 10.1 Å². The van der Waals surface area contributed by atoms with E-state index in [4.69, 9.17) is 14.5 Å². The van der Waals surface area contributed by atoms with E-state index in [1.54, 1.807) is 19.2 Å². The molecule has 0 saturated carbocycles. The van der Waals surface area contributed by atoms with Gasteiger partial charge >= 0.3 is 0 Å². The van der Waals surface area contributed by atoms with Gasteiger partial charge in [0.2, 0.25) is 5.91 Å². The molecule has 3 heterocycles. The Bertz CT molecular complexity index is 1380. The maximum absolute atomic E-state index is 13.2. The number of piperidine rings is 1. The van der Waals surface area contributed by atoms with Crippen molar-refractivity contribution in [3.8, 4) is 11.5 Å². The molecule has 2 aliphatic heterocycles. The molecule has 2 aromatic carbocycles. The van der Waals surface area contributed by atoms with Crippen LogP contribution in [0.5, 0.6) is 11.5 Å². The summed E-state index contributed by atoms with van der Waals surface area (Å²) >= 11 is 0. The quantitative estimate of drug-likeness (QED) is 0.532. The number of hydrogen-bond donors (Lipinski definition) is 1. The van der Waals surface area contributed by atoms with Crippen LogP contribution in [0.1, 0.15) is 59.2 Å². The molecule has 0 aliphatic carbocycles. The Labute approximate surface area is 235 Å². The molecule has 40 heavy (non-hydrogen) atoms. The predicted octanol–water partition coefficient (Wildman–Crippen LogP) is 4.06. The van der Waals surface area contributed by atoms with Crippen LogP contribution in [0.3, 0.4) is 0 Å². The number of benzene rings is 2. The Morgan fingerprint density at radius 2 is 1.98 bits per heavy atom. The second kappa shape index (κ2) is 12.1. The summed E-state index contributed by atoms with van der Waals surface area (Å²) in [4.78, 5) is 39.2. The number of nitrogens with zero attached hydrogens (tertiary/aromatic N) is 4. The average molecular weight is 544 g/mol. The van der Waals surface area contributed by atoms with E-state index in [-0.39, 0.29) is 36.4 Å². The van der Waals surface area contributed by atoms with Crippen LogP contribution in [0.4, 0.5) is 0 Å². The van der Waals surface area contributed by atoms with Crippen molar-refractivity contribution in [3.63, 3.8) is 0 Å². The van der Waals surface area contributed by atoms with Crippen LogP contribution in [0.2, 0.25) is 0 Å². The van der Waals surface area contributed by atoms with E-state index in [2.05, 4.69) is 29.0 Å². The summed E-state index contributed by atoms with van der Waals surface area (Å²) in [7, 11) is 1.64. The Balaban J connectivity index is 1.38. The zero-order valence-electron chi connectivity index (χ0n) is 23.6. The summed E-state index contributed by atoms with van der Waals surface area (Å²) in [5.74, 6) is 1.89. The zero-order valence-corrected chi connectivity index (χ0v) is 23.6. The molecule has 0 unspecified atom stereocenters.